The fourth-order valence-electron chi connectivity index (χ4n) is 3.54. The van der Waals surface area contributed by atoms with Gasteiger partial charge >= 0.3 is 6.03 Å². The van der Waals surface area contributed by atoms with Crippen LogP contribution < -0.4 is 5.32 Å². The van der Waals surface area contributed by atoms with E-state index in [0.717, 1.165) is 45.3 Å². The molecule has 3 aliphatic rings. The molecule has 23 heavy (non-hydrogen) atoms. The normalized spacial score (nSPS) is 25.0. The van der Waals surface area contributed by atoms with Crippen LogP contribution >= 0.6 is 0 Å². The smallest absolute Gasteiger partial charge is 0.317 e. The fourth-order valence-corrected chi connectivity index (χ4v) is 3.54. The van der Waals surface area contributed by atoms with Crippen LogP contribution in [0, 0.1) is 0 Å². The van der Waals surface area contributed by atoms with Gasteiger partial charge in [0.1, 0.15) is 0 Å². The van der Waals surface area contributed by atoms with Gasteiger partial charge in [-0.05, 0) is 29.9 Å². The molecule has 1 saturated carbocycles. The van der Waals surface area contributed by atoms with Gasteiger partial charge in [-0.2, -0.15) is 0 Å². The van der Waals surface area contributed by atoms with E-state index in [1.54, 1.807) is 0 Å². The van der Waals surface area contributed by atoms with Gasteiger partial charge in [-0.3, -0.25) is 4.90 Å². The Kier molecular flexibility index (Phi) is 4.23. The molecule has 0 aromatic heterocycles. The van der Waals surface area contributed by atoms with Crippen LogP contribution in [0.15, 0.2) is 24.3 Å². The number of benzene rings is 1. The Labute approximate surface area is 137 Å². The monoisotopic (exact) mass is 315 g/mol. The highest BCUT2D eigenvalue weighted by Gasteiger charge is 2.31. The van der Waals surface area contributed by atoms with Gasteiger partial charge in [-0.1, -0.05) is 24.3 Å². The number of nitrogens with zero attached hydrogens (tertiary/aromatic N) is 2. The van der Waals surface area contributed by atoms with Crippen LogP contribution in [0.3, 0.4) is 0 Å². The number of piperazine rings is 1. The molecule has 2 aliphatic heterocycles. The third-order valence-corrected chi connectivity index (χ3v) is 5.20. The number of amides is 2. The zero-order chi connectivity index (χ0) is 15.6. The van der Waals surface area contributed by atoms with Crippen molar-refractivity contribution in [3.63, 3.8) is 0 Å². The number of rotatable bonds is 3. The van der Waals surface area contributed by atoms with Crippen LogP contribution in [0.2, 0.25) is 0 Å². The van der Waals surface area contributed by atoms with Crippen LogP contribution in [0.5, 0.6) is 0 Å². The molecule has 1 aliphatic carbocycles. The van der Waals surface area contributed by atoms with Crippen molar-refractivity contribution in [3.8, 4) is 0 Å². The van der Waals surface area contributed by atoms with Gasteiger partial charge in [0.15, 0.2) is 0 Å². The average molecular weight is 315 g/mol. The first-order chi connectivity index (χ1) is 11.3. The zero-order valence-electron chi connectivity index (χ0n) is 13.5. The Morgan fingerprint density at radius 2 is 2.00 bits per heavy atom. The quantitative estimate of drug-likeness (QED) is 0.925. The Balaban J connectivity index is 1.27. The lowest BCUT2D eigenvalue weighted by Crippen LogP contribution is -2.60. The van der Waals surface area contributed by atoms with Gasteiger partial charge in [-0.15, -0.1) is 0 Å². The zero-order valence-corrected chi connectivity index (χ0v) is 13.5. The van der Waals surface area contributed by atoms with E-state index in [0.29, 0.717) is 12.6 Å². The van der Waals surface area contributed by atoms with Crippen LogP contribution in [0.4, 0.5) is 4.79 Å². The van der Waals surface area contributed by atoms with Crippen molar-refractivity contribution in [2.75, 3.05) is 39.4 Å². The minimum atomic E-state index is 0.0430. The van der Waals surface area contributed by atoms with Gasteiger partial charge in [0.2, 0.25) is 0 Å². The summed E-state index contributed by atoms with van der Waals surface area (Å²) in [6.45, 7) is 5.69. The minimum absolute atomic E-state index is 0.0430. The fraction of sp³-hybridized carbons (Fsp3) is 0.611. The van der Waals surface area contributed by atoms with Crippen molar-refractivity contribution in [2.45, 2.75) is 31.3 Å². The van der Waals surface area contributed by atoms with Gasteiger partial charge in [0, 0.05) is 32.7 Å². The minimum Gasteiger partial charge on any atom is -0.378 e. The second-order valence-electron chi connectivity index (χ2n) is 6.89. The lowest BCUT2D eigenvalue weighted by atomic mass is 10.1. The number of nitrogens with one attached hydrogen (secondary N) is 1. The summed E-state index contributed by atoms with van der Waals surface area (Å²) in [5.41, 5.74) is 2.61. The third kappa shape index (κ3) is 3.51. The molecule has 0 bridgehead atoms. The Bertz CT molecular complexity index is 556. The van der Waals surface area contributed by atoms with Crippen molar-refractivity contribution in [1.82, 2.24) is 15.1 Å². The first kappa shape index (κ1) is 15.0. The Hall–Kier alpha value is -1.59. The molecule has 3 fully saturated rings. The topological polar surface area (TPSA) is 44.8 Å². The van der Waals surface area contributed by atoms with E-state index < -0.39 is 0 Å². The molecule has 1 N–H and O–H groups in total. The molecule has 5 heteroatoms. The molecule has 1 aromatic carbocycles. The number of carbonyl (C=O) groups excluding carboxylic acids is 1. The predicted octanol–water partition coefficient (Wildman–Crippen LogP) is 1.79. The Morgan fingerprint density at radius 1 is 1.17 bits per heavy atom. The highest BCUT2D eigenvalue weighted by molar-refractivity contribution is 5.74. The van der Waals surface area contributed by atoms with Crippen molar-refractivity contribution < 1.29 is 9.53 Å². The molecule has 2 saturated heterocycles. The maximum absolute atomic E-state index is 12.4. The Morgan fingerprint density at radius 3 is 2.78 bits per heavy atom. The maximum atomic E-state index is 12.4. The van der Waals surface area contributed by atoms with E-state index in [-0.39, 0.29) is 6.03 Å². The summed E-state index contributed by atoms with van der Waals surface area (Å²) >= 11 is 0. The molecular formula is C18H25N3O2. The van der Waals surface area contributed by atoms with Crippen LogP contribution in [0.25, 0.3) is 0 Å². The van der Waals surface area contributed by atoms with Gasteiger partial charge < -0.3 is 15.0 Å². The molecular weight excluding hydrogens is 290 g/mol. The SMILES string of the molecule is O=C(NCc1ccc(C2CC2)cc1)N1CCN2CCOC[C@H]2C1. The van der Waals surface area contributed by atoms with Crippen molar-refractivity contribution in [1.29, 1.82) is 0 Å². The molecule has 1 aromatic rings. The number of hydrogen-bond acceptors (Lipinski definition) is 3. The second kappa shape index (κ2) is 6.49. The predicted molar refractivity (Wildman–Crippen MR) is 88.4 cm³/mol. The van der Waals surface area contributed by atoms with Crippen molar-refractivity contribution in [2.24, 2.45) is 0 Å². The molecule has 2 amide bonds. The summed E-state index contributed by atoms with van der Waals surface area (Å²) in [4.78, 5) is 16.7. The summed E-state index contributed by atoms with van der Waals surface area (Å²) in [5.74, 6) is 0.785. The second-order valence-corrected chi connectivity index (χ2v) is 6.89. The molecule has 4 rings (SSSR count). The third-order valence-electron chi connectivity index (χ3n) is 5.20. The number of hydrogen-bond donors (Lipinski definition) is 1. The first-order valence-corrected chi connectivity index (χ1v) is 8.73. The number of urea groups is 1. The summed E-state index contributed by atoms with van der Waals surface area (Å²) in [7, 11) is 0. The molecule has 0 spiro atoms. The highest BCUT2D eigenvalue weighted by atomic mass is 16.5. The number of morpholine rings is 1. The largest absolute Gasteiger partial charge is 0.378 e. The molecule has 0 radical (unpaired) electrons. The summed E-state index contributed by atoms with van der Waals surface area (Å²) in [5, 5.41) is 3.06. The summed E-state index contributed by atoms with van der Waals surface area (Å²) in [6, 6.07) is 9.10. The molecule has 1 atom stereocenters. The van der Waals surface area contributed by atoms with Gasteiger partial charge in [-0.25, -0.2) is 4.79 Å². The van der Waals surface area contributed by atoms with E-state index in [9.17, 15) is 4.79 Å². The first-order valence-electron chi connectivity index (χ1n) is 8.73. The lowest BCUT2D eigenvalue weighted by Gasteiger charge is -2.43. The standard InChI is InChI=1S/C18H25N3O2/c22-18(21-8-7-20-9-10-23-13-17(20)12-21)19-11-14-1-3-15(4-2-14)16-5-6-16/h1-4,16-17H,5-13H2,(H,19,22)/t17-/m1/s1. The molecule has 0 unspecified atom stereocenters. The van der Waals surface area contributed by atoms with Crippen LogP contribution in [0.1, 0.15) is 29.9 Å². The van der Waals surface area contributed by atoms with Gasteiger partial charge in [0.05, 0.1) is 19.3 Å². The van der Waals surface area contributed by atoms with Crippen LogP contribution in [-0.4, -0.2) is 61.3 Å². The van der Waals surface area contributed by atoms with Gasteiger partial charge in [0.25, 0.3) is 0 Å². The van der Waals surface area contributed by atoms with E-state index in [2.05, 4.69) is 34.5 Å². The summed E-state index contributed by atoms with van der Waals surface area (Å²) in [6.07, 6.45) is 2.65. The number of fused-ring (bicyclic) bond motifs is 1. The number of carbonyl (C=O) groups is 1. The molecule has 124 valence electrons. The van der Waals surface area contributed by atoms with E-state index in [1.807, 2.05) is 4.90 Å². The summed E-state index contributed by atoms with van der Waals surface area (Å²) < 4.78 is 5.53. The van der Waals surface area contributed by atoms with E-state index in [1.165, 1.54) is 24.0 Å². The molecule has 5 nitrogen and oxygen atoms in total. The van der Waals surface area contributed by atoms with Crippen molar-refractivity contribution >= 4 is 6.03 Å². The number of ether oxygens (including phenoxy) is 1. The van der Waals surface area contributed by atoms with Crippen molar-refractivity contribution in [3.05, 3.63) is 35.4 Å². The van der Waals surface area contributed by atoms with E-state index in [4.69, 9.17) is 4.74 Å². The highest BCUT2D eigenvalue weighted by Crippen LogP contribution is 2.39. The van der Waals surface area contributed by atoms with E-state index >= 15 is 0 Å². The maximum Gasteiger partial charge on any atom is 0.317 e. The average Bonchev–Trinajstić information content (AvgIpc) is 3.45. The lowest BCUT2D eigenvalue weighted by molar-refractivity contribution is -0.0365. The van der Waals surface area contributed by atoms with Crippen LogP contribution in [-0.2, 0) is 11.3 Å². The molecule has 2 heterocycles.